The Labute approximate surface area is 127 Å². The first kappa shape index (κ1) is 13.6. The second kappa shape index (κ2) is 5.93. The SMILES string of the molecule is COc1ccc(Cl)cc1CNc1ccc2nccnc2n1. The number of hydrogen-bond donors (Lipinski definition) is 1. The van der Waals surface area contributed by atoms with Gasteiger partial charge in [-0.2, -0.15) is 0 Å². The number of fused-ring (bicyclic) bond motifs is 1. The Kier molecular flexibility index (Phi) is 3.83. The van der Waals surface area contributed by atoms with Crippen LogP contribution in [0.5, 0.6) is 5.75 Å². The summed E-state index contributed by atoms with van der Waals surface area (Å²) in [5, 5.41) is 3.91. The lowest BCUT2D eigenvalue weighted by atomic mass is 10.2. The number of halogens is 1. The first-order valence-electron chi connectivity index (χ1n) is 6.40. The predicted molar refractivity (Wildman–Crippen MR) is 82.7 cm³/mol. The Bertz CT molecular complexity index is 778. The summed E-state index contributed by atoms with van der Waals surface area (Å²) in [4.78, 5) is 12.8. The van der Waals surface area contributed by atoms with Gasteiger partial charge < -0.3 is 10.1 Å². The van der Waals surface area contributed by atoms with Gasteiger partial charge in [0.05, 0.1) is 7.11 Å². The highest BCUT2D eigenvalue weighted by molar-refractivity contribution is 6.30. The molecule has 0 radical (unpaired) electrons. The van der Waals surface area contributed by atoms with Crippen molar-refractivity contribution in [2.45, 2.75) is 6.54 Å². The fourth-order valence-electron chi connectivity index (χ4n) is 2.02. The molecule has 1 aromatic carbocycles. The summed E-state index contributed by atoms with van der Waals surface area (Å²) in [6.07, 6.45) is 3.27. The van der Waals surface area contributed by atoms with E-state index < -0.39 is 0 Å². The summed E-state index contributed by atoms with van der Waals surface area (Å²) in [5.41, 5.74) is 2.34. The van der Waals surface area contributed by atoms with Gasteiger partial charge in [0.1, 0.15) is 17.1 Å². The molecule has 6 heteroatoms. The van der Waals surface area contributed by atoms with Crippen LogP contribution in [-0.2, 0) is 6.54 Å². The van der Waals surface area contributed by atoms with Crippen molar-refractivity contribution in [1.82, 2.24) is 15.0 Å². The van der Waals surface area contributed by atoms with Crippen LogP contribution >= 0.6 is 11.6 Å². The molecule has 0 saturated carbocycles. The Balaban J connectivity index is 1.81. The molecule has 0 aliphatic carbocycles. The molecule has 21 heavy (non-hydrogen) atoms. The Hall–Kier alpha value is -2.40. The zero-order valence-corrected chi connectivity index (χ0v) is 12.1. The number of pyridine rings is 1. The van der Waals surface area contributed by atoms with Gasteiger partial charge in [-0.15, -0.1) is 0 Å². The van der Waals surface area contributed by atoms with Crippen LogP contribution in [0.25, 0.3) is 11.2 Å². The first-order valence-corrected chi connectivity index (χ1v) is 6.78. The standard InChI is InChI=1S/C15H13ClN4O/c1-21-13-4-2-11(16)8-10(13)9-19-14-5-3-12-15(20-14)18-7-6-17-12/h2-8H,9H2,1H3,(H,18,19,20). The summed E-state index contributed by atoms with van der Waals surface area (Å²) in [5.74, 6) is 1.51. The molecule has 2 aromatic heterocycles. The third kappa shape index (κ3) is 3.03. The molecule has 2 heterocycles. The molecule has 0 atom stereocenters. The molecule has 0 spiro atoms. The van der Waals surface area contributed by atoms with Crippen molar-refractivity contribution in [3.05, 3.63) is 53.3 Å². The number of hydrogen-bond acceptors (Lipinski definition) is 5. The van der Waals surface area contributed by atoms with Gasteiger partial charge in [0.15, 0.2) is 5.65 Å². The van der Waals surface area contributed by atoms with E-state index in [-0.39, 0.29) is 0 Å². The van der Waals surface area contributed by atoms with Gasteiger partial charge in [-0.1, -0.05) is 11.6 Å². The summed E-state index contributed by atoms with van der Waals surface area (Å²) in [6.45, 7) is 0.558. The average Bonchev–Trinajstić information content (AvgIpc) is 2.53. The smallest absolute Gasteiger partial charge is 0.180 e. The van der Waals surface area contributed by atoms with Crippen molar-refractivity contribution in [3.8, 4) is 5.75 Å². The maximum Gasteiger partial charge on any atom is 0.180 e. The molecule has 0 amide bonds. The summed E-state index contributed by atoms with van der Waals surface area (Å²) in [6, 6.07) is 9.27. The molecule has 3 aromatic rings. The predicted octanol–water partition coefficient (Wildman–Crippen LogP) is 3.30. The average molecular weight is 301 g/mol. The van der Waals surface area contributed by atoms with Crippen LogP contribution < -0.4 is 10.1 Å². The van der Waals surface area contributed by atoms with E-state index in [0.717, 1.165) is 22.6 Å². The van der Waals surface area contributed by atoms with E-state index in [1.807, 2.05) is 24.3 Å². The summed E-state index contributed by atoms with van der Waals surface area (Å²) < 4.78 is 5.32. The number of ether oxygens (including phenoxy) is 1. The number of aromatic nitrogens is 3. The van der Waals surface area contributed by atoms with Gasteiger partial charge in [-0.3, -0.25) is 4.98 Å². The minimum atomic E-state index is 0.558. The number of methoxy groups -OCH3 is 1. The molecule has 0 aliphatic heterocycles. The van der Waals surface area contributed by atoms with Crippen LogP contribution in [0, 0.1) is 0 Å². The molecule has 106 valence electrons. The van der Waals surface area contributed by atoms with Gasteiger partial charge in [-0.25, -0.2) is 9.97 Å². The highest BCUT2D eigenvalue weighted by Gasteiger charge is 2.05. The van der Waals surface area contributed by atoms with Crippen LogP contribution in [0.15, 0.2) is 42.7 Å². The molecular formula is C15H13ClN4O. The Morgan fingerprint density at radius 3 is 2.86 bits per heavy atom. The van der Waals surface area contributed by atoms with Crippen LogP contribution in [0.4, 0.5) is 5.82 Å². The second-order valence-corrected chi connectivity index (χ2v) is 4.84. The maximum absolute atomic E-state index is 6.02. The molecule has 1 N–H and O–H groups in total. The van der Waals surface area contributed by atoms with Crippen LogP contribution in [0.2, 0.25) is 5.02 Å². The molecule has 0 aliphatic rings. The van der Waals surface area contributed by atoms with E-state index >= 15 is 0 Å². The lowest BCUT2D eigenvalue weighted by molar-refractivity contribution is 0.410. The topological polar surface area (TPSA) is 59.9 Å². The Morgan fingerprint density at radius 1 is 1.14 bits per heavy atom. The molecular weight excluding hydrogens is 288 g/mol. The normalized spacial score (nSPS) is 10.6. The Morgan fingerprint density at radius 2 is 2.00 bits per heavy atom. The zero-order valence-electron chi connectivity index (χ0n) is 11.4. The van der Waals surface area contributed by atoms with Gasteiger partial charge in [0.2, 0.25) is 0 Å². The van der Waals surface area contributed by atoms with Crippen molar-refractivity contribution < 1.29 is 4.74 Å². The number of nitrogens with one attached hydrogen (secondary N) is 1. The fourth-order valence-corrected chi connectivity index (χ4v) is 2.22. The van der Waals surface area contributed by atoms with Crippen LogP contribution in [0.3, 0.4) is 0 Å². The molecule has 0 saturated heterocycles. The van der Waals surface area contributed by atoms with Gasteiger partial charge in [0.25, 0.3) is 0 Å². The minimum Gasteiger partial charge on any atom is -0.496 e. The number of benzene rings is 1. The van der Waals surface area contributed by atoms with Crippen molar-refractivity contribution >= 4 is 28.6 Å². The monoisotopic (exact) mass is 300 g/mol. The van der Waals surface area contributed by atoms with E-state index in [0.29, 0.717) is 17.2 Å². The second-order valence-electron chi connectivity index (χ2n) is 4.41. The van der Waals surface area contributed by atoms with E-state index in [2.05, 4.69) is 20.3 Å². The number of rotatable bonds is 4. The van der Waals surface area contributed by atoms with Gasteiger partial charge in [0, 0.05) is 29.5 Å². The van der Waals surface area contributed by atoms with E-state index in [4.69, 9.17) is 16.3 Å². The fraction of sp³-hybridized carbons (Fsp3) is 0.133. The molecule has 0 fully saturated rings. The zero-order chi connectivity index (χ0) is 14.7. The van der Waals surface area contributed by atoms with E-state index in [1.54, 1.807) is 25.6 Å². The van der Waals surface area contributed by atoms with Crippen molar-refractivity contribution in [1.29, 1.82) is 0 Å². The van der Waals surface area contributed by atoms with Crippen molar-refractivity contribution in [2.75, 3.05) is 12.4 Å². The third-order valence-corrected chi connectivity index (χ3v) is 3.27. The van der Waals surface area contributed by atoms with E-state index in [9.17, 15) is 0 Å². The highest BCUT2D eigenvalue weighted by Crippen LogP contribution is 2.23. The largest absolute Gasteiger partial charge is 0.496 e. The third-order valence-electron chi connectivity index (χ3n) is 3.03. The van der Waals surface area contributed by atoms with Gasteiger partial charge >= 0.3 is 0 Å². The molecule has 3 rings (SSSR count). The highest BCUT2D eigenvalue weighted by atomic mass is 35.5. The van der Waals surface area contributed by atoms with Crippen molar-refractivity contribution in [2.24, 2.45) is 0 Å². The van der Waals surface area contributed by atoms with Crippen molar-refractivity contribution in [3.63, 3.8) is 0 Å². The number of nitrogens with zero attached hydrogens (tertiary/aromatic N) is 3. The number of anilines is 1. The lowest BCUT2D eigenvalue weighted by Crippen LogP contribution is -2.03. The van der Waals surface area contributed by atoms with Crippen LogP contribution in [0.1, 0.15) is 5.56 Å². The summed E-state index contributed by atoms with van der Waals surface area (Å²) >= 11 is 6.02. The maximum atomic E-state index is 6.02. The van der Waals surface area contributed by atoms with Gasteiger partial charge in [-0.05, 0) is 30.3 Å². The summed E-state index contributed by atoms with van der Waals surface area (Å²) in [7, 11) is 1.64. The molecule has 5 nitrogen and oxygen atoms in total. The minimum absolute atomic E-state index is 0.558. The quantitative estimate of drug-likeness (QED) is 0.801. The van der Waals surface area contributed by atoms with E-state index in [1.165, 1.54) is 0 Å². The molecule has 0 bridgehead atoms. The van der Waals surface area contributed by atoms with Crippen LogP contribution in [-0.4, -0.2) is 22.1 Å². The first-order chi connectivity index (χ1) is 10.3. The lowest BCUT2D eigenvalue weighted by Gasteiger charge is -2.10. The molecule has 0 unspecified atom stereocenters.